The number of carbonyl (C=O) groups is 2. The Kier molecular flexibility index (Phi) is 4.13. The first-order valence-electron chi connectivity index (χ1n) is 4.83. The lowest BCUT2D eigenvalue weighted by Crippen LogP contribution is -2.36. The van der Waals surface area contributed by atoms with Crippen molar-refractivity contribution in [3.05, 3.63) is 0 Å². The van der Waals surface area contributed by atoms with Gasteiger partial charge in [0.05, 0.1) is 6.54 Å². The smallest absolute Gasteiger partial charge is 0.317 e. The lowest BCUT2D eigenvalue weighted by Gasteiger charge is -2.18. The highest BCUT2D eigenvalue weighted by Crippen LogP contribution is 2.02. The van der Waals surface area contributed by atoms with Crippen LogP contribution in [0, 0.1) is 12.3 Å². The maximum Gasteiger partial charge on any atom is 0.317 e. The molecule has 1 rings (SSSR count). The van der Waals surface area contributed by atoms with Crippen molar-refractivity contribution in [1.29, 1.82) is 0 Å². The van der Waals surface area contributed by atoms with Crippen LogP contribution in [0.3, 0.4) is 0 Å². The Morgan fingerprint density at radius 1 is 1.27 bits per heavy atom. The first-order valence-corrected chi connectivity index (χ1v) is 4.83. The lowest BCUT2D eigenvalue weighted by molar-refractivity contribution is -0.138. The highest BCUT2D eigenvalue weighted by atomic mass is 16.4. The SMILES string of the molecule is C#CC(=O)N1CCCN(CC(=O)O)CC1. The van der Waals surface area contributed by atoms with Crippen LogP contribution in [0.15, 0.2) is 0 Å². The van der Waals surface area contributed by atoms with Gasteiger partial charge in [-0.25, -0.2) is 0 Å². The number of carboxylic acids is 1. The van der Waals surface area contributed by atoms with Crippen LogP contribution in [-0.2, 0) is 9.59 Å². The van der Waals surface area contributed by atoms with Gasteiger partial charge in [0.1, 0.15) is 0 Å². The third-order valence-corrected chi connectivity index (χ3v) is 2.36. The third kappa shape index (κ3) is 3.60. The van der Waals surface area contributed by atoms with E-state index in [1.807, 2.05) is 4.90 Å². The summed E-state index contributed by atoms with van der Waals surface area (Å²) in [6.45, 7) is 2.41. The summed E-state index contributed by atoms with van der Waals surface area (Å²) >= 11 is 0. The molecule has 0 aromatic carbocycles. The van der Waals surface area contributed by atoms with Crippen molar-refractivity contribution in [3.63, 3.8) is 0 Å². The van der Waals surface area contributed by atoms with Crippen LogP contribution in [0.5, 0.6) is 0 Å². The first kappa shape index (κ1) is 11.5. The van der Waals surface area contributed by atoms with Crippen LogP contribution in [0.1, 0.15) is 6.42 Å². The molecule has 0 aromatic rings. The molecule has 0 saturated carbocycles. The Hall–Kier alpha value is -1.54. The lowest BCUT2D eigenvalue weighted by atomic mass is 10.4. The summed E-state index contributed by atoms with van der Waals surface area (Å²) in [6.07, 6.45) is 5.78. The van der Waals surface area contributed by atoms with Gasteiger partial charge >= 0.3 is 5.97 Å². The van der Waals surface area contributed by atoms with E-state index >= 15 is 0 Å². The van der Waals surface area contributed by atoms with Crippen molar-refractivity contribution in [2.75, 3.05) is 32.7 Å². The van der Waals surface area contributed by atoms with Crippen LogP contribution >= 0.6 is 0 Å². The zero-order valence-electron chi connectivity index (χ0n) is 8.48. The number of aliphatic carboxylic acids is 1. The normalized spacial score (nSPS) is 17.9. The van der Waals surface area contributed by atoms with Gasteiger partial charge in [-0.3, -0.25) is 14.5 Å². The molecule has 1 aliphatic rings. The molecule has 1 saturated heterocycles. The van der Waals surface area contributed by atoms with Crippen molar-refractivity contribution in [1.82, 2.24) is 9.80 Å². The van der Waals surface area contributed by atoms with Crippen molar-refractivity contribution in [2.24, 2.45) is 0 Å². The van der Waals surface area contributed by atoms with Crippen molar-refractivity contribution in [2.45, 2.75) is 6.42 Å². The standard InChI is InChI=1S/C10H14N2O3/c1-2-9(13)12-5-3-4-11(6-7-12)8-10(14)15/h1H,3-8H2,(H,14,15). The highest BCUT2D eigenvalue weighted by molar-refractivity contribution is 5.92. The number of rotatable bonds is 2. The monoisotopic (exact) mass is 210 g/mol. The van der Waals surface area contributed by atoms with Crippen molar-refractivity contribution >= 4 is 11.9 Å². The quantitative estimate of drug-likeness (QED) is 0.608. The molecule has 1 amide bonds. The summed E-state index contributed by atoms with van der Waals surface area (Å²) in [6, 6.07) is 0. The average Bonchev–Trinajstić information content (AvgIpc) is 2.41. The molecule has 0 unspecified atom stereocenters. The molecule has 1 N–H and O–H groups in total. The minimum absolute atomic E-state index is 0.0259. The average molecular weight is 210 g/mol. The summed E-state index contributed by atoms with van der Waals surface area (Å²) in [7, 11) is 0. The second kappa shape index (κ2) is 5.37. The predicted octanol–water partition coefficient (Wildman–Crippen LogP) is -0.761. The third-order valence-electron chi connectivity index (χ3n) is 2.36. The minimum atomic E-state index is -0.841. The van der Waals surface area contributed by atoms with E-state index in [0.29, 0.717) is 26.2 Å². The number of amides is 1. The second-order valence-electron chi connectivity index (χ2n) is 3.46. The van der Waals surface area contributed by atoms with E-state index in [-0.39, 0.29) is 12.5 Å². The number of hydrogen-bond donors (Lipinski definition) is 1. The second-order valence-corrected chi connectivity index (χ2v) is 3.46. The van der Waals surface area contributed by atoms with Crippen LogP contribution in [0.2, 0.25) is 0 Å². The van der Waals surface area contributed by atoms with Gasteiger partial charge in [-0.1, -0.05) is 0 Å². The number of nitrogens with zero attached hydrogens (tertiary/aromatic N) is 2. The molecule has 15 heavy (non-hydrogen) atoms. The topological polar surface area (TPSA) is 60.9 Å². The summed E-state index contributed by atoms with van der Waals surface area (Å²) in [4.78, 5) is 25.1. The van der Waals surface area contributed by atoms with Crippen LogP contribution in [-0.4, -0.2) is 59.5 Å². The Morgan fingerprint density at radius 3 is 2.60 bits per heavy atom. The van der Waals surface area contributed by atoms with Gasteiger partial charge in [-0.05, 0) is 12.3 Å². The molecular formula is C10H14N2O3. The van der Waals surface area contributed by atoms with E-state index in [9.17, 15) is 9.59 Å². The van der Waals surface area contributed by atoms with Crippen LogP contribution < -0.4 is 0 Å². The Bertz CT molecular complexity index is 296. The molecule has 82 valence electrons. The van der Waals surface area contributed by atoms with Crippen molar-refractivity contribution in [3.8, 4) is 12.3 Å². The number of hydrogen-bond acceptors (Lipinski definition) is 3. The summed E-state index contributed by atoms with van der Waals surface area (Å²) in [5.74, 6) is 0.916. The molecule has 1 heterocycles. The molecule has 1 aliphatic heterocycles. The van der Waals surface area contributed by atoms with Gasteiger partial charge in [0.15, 0.2) is 0 Å². The van der Waals surface area contributed by atoms with E-state index in [0.717, 1.165) is 6.42 Å². The Labute approximate surface area is 88.7 Å². The summed E-state index contributed by atoms with van der Waals surface area (Å²) in [5.41, 5.74) is 0. The number of carboxylic acid groups (broad SMARTS) is 1. The molecule has 5 nitrogen and oxygen atoms in total. The van der Waals surface area contributed by atoms with Crippen LogP contribution in [0.4, 0.5) is 0 Å². The molecule has 1 fully saturated rings. The molecule has 0 spiro atoms. The first-order chi connectivity index (χ1) is 7.13. The zero-order valence-corrected chi connectivity index (χ0v) is 8.48. The molecule has 0 radical (unpaired) electrons. The van der Waals surface area contributed by atoms with Crippen molar-refractivity contribution < 1.29 is 14.7 Å². The Morgan fingerprint density at radius 2 is 2.00 bits per heavy atom. The fourth-order valence-electron chi connectivity index (χ4n) is 1.61. The van der Waals surface area contributed by atoms with Gasteiger partial charge in [0.25, 0.3) is 5.91 Å². The molecule has 0 aliphatic carbocycles. The zero-order chi connectivity index (χ0) is 11.3. The molecule has 0 bridgehead atoms. The highest BCUT2D eigenvalue weighted by Gasteiger charge is 2.18. The van der Waals surface area contributed by atoms with Gasteiger partial charge in [-0.2, -0.15) is 0 Å². The minimum Gasteiger partial charge on any atom is -0.480 e. The van der Waals surface area contributed by atoms with Gasteiger partial charge < -0.3 is 10.0 Å². The van der Waals surface area contributed by atoms with E-state index in [1.54, 1.807) is 4.90 Å². The predicted molar refractivity (Wildman–Crippen MR) is 54.1 cm³/mol. The van der Waals surface area contributed by atoms with E-state index < -0.39 is 5.97 Å². The maximum atomic E-state index is 11.2. The largest absolute Gasteiger partial charge is 0.480 e. The number of terminal acetylenes is 1. The van der Waals surface area contributed by atoms with E-state index in [1.165, 1.54) is 0 Å². The molecule has 0 atom stereocenters. The van der Waals surface area contributed by atoms with E-state index in [4.69, 9.17) is 11.5 Å². The molecule has 0 aromatic heterocycles. The summed E-state index contributed by atoms with van der Waals surface area (Å²) in [5, 5.41) is 8.62. The van der Waals surface area contributed by atoms with Gasteiger partial charge in [-0.15, -0.1) is 6.42 Å². The van der Waals surface area contributed by atoms with E-state index in [2.05, 4.69) is 5.92 Å². The fraction of sp³-hybridized carbons (Fsp3) is 0.600. The van der Waals surface area contributed by atoms with Crippen LogP contribution in [0.25, 0.3) is 0 Å². The summed E-state index contributed by atoms with van der Waals surface area (Å²) < 4.78 is 0. The van der Waals surface area contributed by atoms with Gasteiger partial charge in [0.2, 0.25) is 0 Å². The molecular weight excluding hydrogens is 196 g/mol. The number of carbonyl (C=O) groups excluding carboxylic acids is 1. The molecule has 5 heteroatoms. The van der Waals surface area contributed by atoms with Gasteiger partial charge in [0, 0.05) is 26.2 Å². The Balaban J connectivity index is 2.45. The fourth-order valence-corrected chi connectivity index (χ4v) is 1.61. The maximum absolute atomic E-state index is 11.2.